The van der Waals surface area contributed by atoms with Crippen molar-refractivity contribution in [1.29, 1.82) is 0 Å². The Balaban J connectivity index is 1.24. The van der Waals surface area contributed by atoms with Gasteiger partial charge in [0.1, 0.15) is 0 Å². The van der Waals surface area contributed by atoms with Crippen LogP contribution < -0.4 is 4.90 Å². The summed E-state index contributed by atoms with van der Waals surface area (Å²) in [5.41, 5.74) is 1.06. The van der Waals surface area contributed by atoms with Gasteiger partial charge in [0.25, 0.3) is 0 Å². The van der Waals surface area contributed by atoms with Gasteiger partial charge in [0, 0.05) is 17.1 Å². The van der Waals surface area contributed by atoms with Crippen LogP contribution in [0.3, 0.4) is 0 Å². The summed E-state index contributed by atoms with van der Waals surface area (Å²) in [6.07, 6.45) is 0. The minimum Gasteiger partial charge on any atom is -0.311 e. The summed E-state index contributed by atoms with van der Waals surface area (Å²) in [5, 5.41) is 1.98. The molecule has 0 heterocycles. The molecule has 0 N–H and O–H groups in total. The van der Waals surface area contributed by atoms with E-state index in [0.29, 0.717) is 21.6 Å². The number of hydrogen-bond acceptors (Lipinski definition) is 1. The Bertz CT molecular complexity index is 3860. The first-order valence-electron chi connectivity index (χ1n) is 27.4. The first kappa shape index (κ1) is 21.7. The molecule has 0 saturated carbocycles. The Morgan fingerprint density at radius 1 is 0.237 bits per heavy atom. The van der Waals surface area contributed by atoms with E-state index in [0.717, 1.165) is 27.5 Å². The van der Waals surface area contributed by atoms with Crippen LogP contribution in [0.15, 0.2) is 248 Å². The summed E-state index contributed by atoms with van der Waals surface area (Å²) >= 11 is 0. The maximum absolute atomic E-state index is 9.74. The standard InChI is InChI=1S/C58H41N/c1-4-13-42(14-5-1)46-25-31-56(32-26-46)59(57-33-27-47(28-34-57)50-21-12-22-51(37-50)52-24-23-45-19-10-11-20-49(45)38-52)58-35-29-48(30-36-58)55-40-53(43-15-6-2-7-16-43)39-54(41-55)44-17-8-3-9-18-44/h1-41H/i1D,4D,5D,13D,14D,25D,26D,27D,28D,29D,30D,31D,32D,33D,34D,35D,36D. The van der Waals surface area contributed by atoms with E-state index in [1.807, 2.05) is 115 Å². The molecule has 0 unspecified atom stereocenters. The molecule has 59 heavy (non-hydrogen) atoms. The minimum atomic E-state index is -0.990. The van der Waals surface area contributed by atoms with Crippen LogP contribution in [-0.4, -0.2) is 0 Å². The van der Waals surface area contributed by atoms with E-state index in [4.69, 9.17) is 6.85 Å². The minimum absolute atomic E-state index is 0.153. The van der Waals surface area contributed by atoms with Gasteiger partial charge in [-0.1, -0.05) is 182 Å². The Kier molecular flexibility index (Phi) is 5.89. The second-order valence-electron chi connectivity index (χ2n) is 13.7. The van der Waals surface area contributed by atoms with Crippen LogP contribution in [0.5, 0.6) is 0 Å². The lowest BCUT2D eigenvalue weighted by Gasteiger charge is -2.26. The maximum Gasteiger partial charge on any atom is 0.0645 e. The lowest BCUT2D eigenvalue weighted by atomic mass is 9.93. The summed E-state index contributed by atoms with van der Waals surface area (Å²) in [7, 11) is 0. The average molecular weight is 769 g/mol. The van der Waals surface area contributed by atoms with Crippen molar-refractivity contribution >= 4 is 27.8 Å². The van der Waals surface area contributed by atoms with Crippen molar-refractivity contribution in [2.75, 3.05) is 4.90 Å². The number of rotatable bonds is 9. The quantitative estimate of drug-likeness (QED) is 0.141. The van der Waals surface area contributed by atoms with Crippen molar-refractivity contribution < 1.29 is 23.3 Å². The van der Waals surface area contributed by atoms with Gasteiger partial charge in [0.2, 0.25) is 0 Å². The zero-order valence-electron chi connectivity index (χ0n) is 48.3. The van der Waals surface area contributed by atoms with Crippen molar-refractivity contribution in [3.8, 4) is 66.8 Å². The largest absolute Gasteiger partial charge is 0.311 e. The maximum atomic E-state index is 9.74. The van der Waals surface area contributed by atoms with E-state index in [2.05, 4.69) is 0 Å². The first-order chi connectivity index (χ1) is 36.3. The second kappa shape index (κ2) is 16.0. The number of fused-ring (bicyclic) bond motifs is 1. The molecular formula is C58H41N. The van der Waals surface area contributed by atoms with E-state index in [1.165, 1.54) is 0 Å². The molecular weight excluding hydrogens is 711 g/mol. The van der Waals surface area contributed by atoms with Crippen LogP contribution in [0.1, 0.15) is 23.3 Å². The van der Waals surface area contributed by atoms with Gasteiger partial charge in [-0.25, -0.2) is 0 Å². The molecule has 1 heteroatoms. The number of nitrogens with zero attached hydrogens (tertiary/aromatic N) is 1. The molecule has 0 fully saturated rings. The highest BCUT2D eigenvalue weighted by Crippen LogP contribution is 2.39. The van der Waals surface area contributed by atoms with Crippen LogP contribution in [0.2, 0.25) is 0 Å². The molecule has 0 spiro atoms. The molecule has 0 saturated heterocycles. The molecule has 10 aromatic rings. The van der Waals surface area contributed by atoms with Crippen molar-refractivity contribution in [2.24, 2.45) is 0 Å². The van der Waals surface area contributed by atoms with Gasteiger partial charge in [0.05, 0.1) is 23.3 Å². The van der Waals surface area contributed by atoms with Crippen molar-refractivity contribution in [1.82, 2.24) is 0 Å². The number of benzene rings is 10. The predicted octanol–water partition coefficient (Wildman–Crippen LogP) is 16.3. The summed E-state index contributed by atoms with van der Waals surface area (Å²) in [4.78, 5) is 0.683. The van der Waals surface area contributed by atoms with Gasteiger partial charge in [-0.05, 0) is 144 Å². The molecule has 10 rings (SSSR count). The highest BCUT2D eigenvalue weighted by atomic mass is 15.1. The molecule has 0 aliphatic heterocycles. The van der Waals surface area contributed by atoms with Crippen molar-refractivity contribution in [3.63, 3.8) is 0 Å². The fourth-order valence-corrected chi connectivity index (χ4v) is 6.97. The third kappa shape index (κ3) is 7.58. The molecule has 0 atom stereocenters. The van der Waals surface area contributed by atoms with E-state index in [9.17, 15) is 16.4 Å². The van der Waals surface area contributed by atoms with Crippen LogP contribution in [-0.2, 0) is 0 Å². The Morgan fingerprint density at radius 3 is 1.15 bits per heavy atom. The third-order valence-electron chi connectivity index (χ3n) is 9.93. The highest BCUT2D eigenvalue weighted by Gasteiger charge is 2.15. The molecule has 0 radical (unpaired) electrons. The van der Waals surface area contributed by atoms with E-state index in [1.54, 1.807) is 30.3 Å². The topological polar surface area (TPSA) is 3.24 Å². The van der Waals surface area contributed by atoms with Gasteiger partial charge in [-0.3, -0.25) is 0 Å². The zero-order valence-corrected chi connectivity index (χ0v) is 31.3. The smallest absolute Gasteiger partial charge is 0.0645 e. The predicted molar refractivity (Wildman–Crippen MR) is 251 cm³/mol. The fourth-order valence-electron chi connectivity index (χ4n) is 6.97. The van der Waals surface area contributed by atoms with Gasteiger partial charge in [0.15, 0.2) is 0 Å². The Hall–Kier alpha value is -7.74. The molecule has 10 aromatic carbocycles. The molecule has 0 aliphatic rings. The molecule has 278 valence electrons. The molecule has 0 aliphatic carbocycles. The zero-order chi connectivity index (χ0) is 54.2. The van der Waals surface area contributed by atoms with Crippen molar-refractivity contribution in [3.05, 3.63) is 248 Å². The number of anilines is 3. The van der Waals surface area contributed by atoms with Crippen molar-refractivity contribution in [2.45, 2.75) is 0 Å². The Morgan fingerprint density at radius 2 is 0.610 bits per heavy atom. The number of hydrogen-bond donors (Lipinski definition) is 0. The lowest BCUT2D eigenvalue weighted by Crippen LogP contribution is -2.09. The average Bonchev–Trinajstić information content (AvgIpc) is 3.45. The fraction of sp³-hybridized carbons (Fsp3) is 0. The van der Waals surface area contributed by atoms with Gasteiger partial charge in [-0.15, -0.1) is 0 Å². The van der Waals surface area contributed by atoms with Crippen LogP contribution in [0, 0.1) is 0 Å². The molecule has 0 aromatic heterocycles. The first-order valence-corrected chi connectivity index (χ1v) is 18.9. The van der Waals surface area contributed by atoms with Crippen LogP contribution >= 0.6 is 0 Å². The monoisotopic (exact) mass is 768 g/mol. The third-order valence-corrected chi connectivity index (χ3v) is 9.93. The molecule has 0 bridgehead atoms. The summed E-state index contributed by atoms with van der Waals surface area (Å²) in [6, 6.07) is 30.9. The van der Waals surface area contributed by atoms with E-state index < -0.39 is 131 Å². The summed E-state index contributed by atoms with van der Waals surface area (Å²) in [6.45, 7) is 0. The highest BCUT2D eigenvalue weighted by molar-refractivity contribution is 5.89. The van der Waals surface area contributed by atoms with Gasteiger partial charge < -0.3 is 4.90 Å². The SMILES string of the molecule is [2H]c1c([2H])c([2H])c(-c2c([2H])c([2H])c(N(c3c([2H])c([2H])c(-c4cccc(-c5ccc6ccccc6c5)c4)c([2H])c3[2H])c3c([2H])c([2H])c(-c4cc(-c5ccccc5)cc(-c5ccccc5)c4)c([2H])c3[2H])c([2H])c2[2H])c([2H])c1[2H]. The summed E-state index contributed by atoms with van der Waals surface area (Å²) in [5.74, 6) is 0. The van der Waals surface area contributed by atoms with Crippen LogP contribution in [0.4, 0.5) is 17.1 Å². The molecule has 1 nitrogen and oxygen atoms in total. The normalized spacial score (nSPS) is 15.1. The Labute approximate surface area is 370 Å². The lowest BCUT2D eigenvalue weighted by molar-refractivity contribution is 1.28. The van der Waals surface area contributed by atoms with Gasteiger partial charge in [-0.2, -0.15) is 0 Å². The van der Waals surface area contributed by atoms with Gasteiger partial charge >= 0.3 is 0 Å². The van der Waals surface area contributed by atoms with E-state index >= 15 is 0 Å². The second-order valence-corrected chi connectivity index (χ2v) is 13.7. The van der Waals surface area contributed by atoms with E-state index in [-0.39, 0.29) is 22.3 Å². The van der Waals surface area contributed by atoms with Crippen LogP contribution in [0.25, 0.3) is 77.5 Å². The summed E-state index contributed by atoms with van der Waals surface area (Å²) < 4.78 is 157. The molecule has 0 amide bonds.